The molecule has 0 aliphatic carbocycles. The van der Waals surface area contributed by atoms with Crippen LogP contribution in [0.25, 0.3) is 0 Å². The van der Waals surface area contributed by atoms with Gasteiger partial charge in [0.1, 0.15) is 0 Å². The zero-order valence-electron chi connectivity index (χ0n) is 15.5. The van der Waals surface area contributed by atoms with Crippen LogP contribution in [0.5, 0.6) is 0 Å². The third-order valence-corrected chi connectivity index (χ3v) is 6.09. The number of fused-ring (bicyclic) bond motifs is 1. The van der Waals surface area contributed by atoms with E-state index in [9.17, 15) is 9.59 Å². The van der Waals surface area contributed by atoms with Gasteiger partial charge in [-0.15, -0.1) is 12.4 Å². The molecule has 2 amide bonds. The van der Waals surface area contributed by atoms with E-state index in [-0.39, 0.29) is 30.3 Å². The molecule has 0 radical (unpaired) electrons. The fourth-order valence-electron chi connectivity index (χ4n) is 3.62. The first-order chi connectivity index (χ1) is 13.2. The predicted molar refractivity (Wildman–Crippen MR) is 118 cm³/mol. The Morgan fingerprint density at radius 1 is 1.18 bits per heavy atom. The lowest BCUT2D eigenvalue weighted by Crippen LogP contribution is -2.39. The van der Waals surface area contributed by atoms with Gasteiger partial charge in [-0.1, -0.05) is 24.3 Å². The van der Waals surface area contributed by atoms with Crippen LogP contribution in [-0.4, -0.2) is 42.5 Å². The molecule has 2 heterocycles. The van der Waals surface area contributed by atoms with Gasteiger partial charge in [0.2, 0.25) is 5.91 Å². The minimum atomic E-state index is -0.0265. The highest BCUT2D eigenvalue weighted by Crippen LogP contribution is 2.29. The Morgan fingerprint density at radius 2 is 2.04 bits per heavy atom. The molecule has 2 aliphatic rings. The van der Waals surface area contributed by atoms with E-state index in [2.05, 4.69) is 16.7 Å². The second-order valence-electron chi connectivity index (χ2n) is 6.89. The Hall–Kier alpha value is -2.02. The molecule has 28 heavy (non-hydrogen) atoms. The molecular formula is C21H24ClN3O2S. The minimum Gasteiger partial charge on any atom is -0.326 e. The maximum Gasteiger partial charge on any atom is 0.258 e. The number of benzene rings is 2. The number of nitrogens with zero attached hydrogens (tertiary/aromatic N) is 1. The standard InChI is InChI=1S/C21H23N3O2S.ClH/c25-20(13-18-14-27-11-9-22-18)23-17-6-3-5-16(12-17)21(26)24-10-8-15-4-1-2-7-19(15)24;/h1-7,12,18,22H,8-11,13-14H2,(H,23,25);1H. The summed E-state index contributed by atoms with van der Waals surface area (Å²) in [7, 11) is 0. The van der Waals surface area contributed by atoms with Crippen molar-refractivity contribution in [3.8, 4) is 0 Å². The van der Waals surface area contributed by atoms with E-state index in [1.165, 1.54) is 5.56 Å². The number of carbonyl (C=O) groups excluding carboxylic acids is 2. The molecule has 7 heteroatoms. The van der Waals surface area contributed by atoms with Gasteiger partial charge in [-0.3, -0.25) is 9.59 Å². The molecule has 4 rings (SSSR count). The van der Waals surface area contributed by atoms with Crippen LogP contribution in [0.2, 0.25) is 0 Å². The molecule has 1 saturated heterocycles. The van der Waals surface area contributed by atoms with Crippen LogP contribution >= 0.6 is 24.2 Å². The molecule has 1 fully saturated rings. The van der Waals surface area contributed by atoms with Gasteiger partial charge in [0.15, 0.2) is 0 Å². The number of anilines is 2. The summed E-state index contributed by atoms with van der Waals surface area (Å²) in [6.07, 6.45) is 1.33. The van der Waals surface area contributed by atoms with Gasteiger partial charge in [-0.2, -0.15) is 11.8 Å². The molecule has 2 aromatic rings. The fourth-order valence-corrected chi connectivity index (χ4v) is 4.57. The summed E-state index contributed by atoms with van der Waals surface area (Å²) in [6, 6.07) is 15.5. The predicted octanol–water partition coefficient (Wildman–Crippen LogP) is 3.34. The third kappa shape index (κ3) is 4.69. The molecule has 2 aliphatic heterocycles. The quantitative estimate of drug-likeness (QED) is 0.800. The van der Waals surface area contributed by atoms with E-state index >= 15 is 0 Å². The number of para-hydroxylation sites is 1. The van der Waals surface area contributed by atoms with Crippen LogP contribution in [0.3, 0.4) is 0 Å². The summed E-state index contributed by atoms with van der Waals surface area (Å²) >= 11 is 1.87. The van der Waals surface area contributed by atoms with Crippen molar-refractivity contribution in [1.82, 2.24) is 5.32 Å². The highest BCUT2D eigenvalue weighted by Gasteiger charge is 2.25. The number of halogens is 1. The molecule has 148 valence electrons. The topological polar surface area (TPSA) is 61.4 Å². The lowest BCUT2D eigenvalue weighted by atomic mass is 10.1. The number of hydrogen-bond donors (Lipinski definition) is 2. The molecule has 1 atom stereocenters. The molecular weight excluding hydrogens is 394 g/mol. The van der Waals surface area contributed by atoms with Gasteiger partial charge in [0, 0.05) is 54.0 Å². The zero-order valence-corrected chi connectivity index (χ0v) is 17.2. The normalized spacial score (nSPS) is 18.1. The molecule has 2 aromatic carbocycles. The average Bonchev–Trinajstić information content (AvgIpc) is 3.12. The summed E-state index contributed by atoms with van der Waals surface area (Å²) in [6.45, 7) is 1.64. The Labute approximate surface area is 175 Å². The molecule has 0 aromatic heterocycles. The number of nitrogens with one attached hydrogen (secondary N) is 2. The van der Waals surface area contributed by atoms with E-state index in [1.807, 2.05) is 47.0 Å². The first kappa shape index (κ1) is 20.7. The van der Waals surface area contributed by atoms with Crippen LogP contribution < -0.4 is 15.5 Å². The van der Waals surface area contributed by atoms with Crippen molar-refractivity contribution in [2.24, 2.45) is 0 Å². The van der Waals surface area contributed by atoms with Crippen molar-refractivity contribution >= 4 is 47.4 Å². The van der Waals surface area contributed by atoms with Crippen molar-refractivity contribution in [2.45, 2.75) is 18.9 Å². The van der Waals surface area contributed by atoms with E-state index in [0.29, 0.717) is 24.2 Å². The number of thioether (sulfide) groups is 1. The SMILES string of the molecule is Cl.O=C(CC1CSCCN1)Nc1cccc(C(=O)N2CCc3ccccc32)c1. The fraction of sp³-hybridized carbons (Fsp3) is 0.333. The third-order valence-electron chi connectivity index (χ3n) is 4.96. The van der Waals surface area contributed by atoms with Crippen molar-refractivity contribution in [3.05, 3.63) is 59.7 Å². The maximum atomic E-state index is 13.0. The van der Waals surface area contributed by atoms with E-state index in [1.54, 1.807) is 12.1 Å². The summed E-state index contributed by atoms with van der Waals surface area (Å²) < 4.78 is 0. The van der Waals surface area contributed by atoms with Gasteiger partial charge in [-0.05, 0) is 36.2 Å². The van der Waals surface area contributed by atoms with Crippen molar-refractivity contribution < 1.29 is 9.59 Å². The maximum absolute atomic E-state index is 13.0. The van der Waals surface area contributed by atoms with Gasteiger partial charge >= 0.3 is 0 Å². The van der Waals surface area contributed by atoms with Crippen molar-refractivity contribution in [2.75, 3.05) is 34.8 Å². The summed E-state index contributed by atoms with van der Waals surface area (Å²) in [5, 5.41) is 6.30. The first-order valence-electron chi connectivity index (χ1n) is 9.31. The molecule has 0 saturated carbocycles. The minimum absolute atomic E-state index is 0. The molecule has 2 N–H and O–H groups in total. The highest BCUT2D eigenvalue weighted by atomic mass is 35.5. The average molecular weight is 418 g/mol. The van der Waals surface area contributed by atoms with E-state index in [4.69, 9.17) is 0 Å². The highest BCUT2D eigenvalue weighted by molar-refractivity contribution is 7.99. The van der Waals surface area contributed by atoms with Crippen molar-refractivity contribution in [3.63, 3.8) is 0 Å². The number of hydrogen-bond acceptors (Lipinski definition) is 4. The number of amides is 2. The molecule has 5 nitrogen and oxygen atoms in total. The number of carbonyl (C=O) groups is 2. The second kappa shape index (κ2) is 9.45. The van der Waals surface area contributed by atoms with Gasteiger partial charge < -0.3 is 15.5 Å². The van der Waals surface area contributed by atoms with Crippen LogP contribution in [0.15, 0.2) is 48.5 Å². The zero-order chi connectivity index (χ0) is 18.6. The number of rotatable bonds is 4. The van der Waals surface area contributed by atoms with Crippen molar-refractivity contribution in [1.29, 1.82) is 0 Å². The molecule has 0 bridgehead atoms. The Kier molecular flexibility index (Phi) is 6.99. The van der Waals surface area contributed by atoms with Gasteiger partial charge in [0.25, 0.3) is 5.91 Å². The van der Waals surface area contributed by atoms with Gasteiger partial charge in [0.05, 0.1) is 0 Å². The largest absolute Gasteiger partial charge is 0.326 e. The second-order valence-corrected chi connectivity index (χ2v) is 8.04. The Balaban J connectivity index is 0.00000225. The Morgan fingerprint density at radius 3 is 2.86 bits per heavy atom. The summed E-state index contributed by atoms with van der Waals surface area (Å²) in [5.74, 6) is 2.01. The first-order valence-corrected chi connectivity index (χ1v) is 10.5. The summed E-state index contributed by atoms with van der Waals surface area (Å²) in [4.78, 5) is 27.1. The van der Waals surface area contributed by atoms with Gasteiger partial charge in [-0.25, -0.2) is 0 Å². The van der Waals surface area contributed by atoms with Crippen LogP contribution in [0.4, 0.5) is 11.4 Å². The van der Waals surface area contributed by atoms with E-state index in [0.717, 1.165) is 30.2 Å². The monoisotopic (exact) mass is 417 g/mol. The van der Waals surface area contributed by atoms with Crippen LogP contribution in [0.1, 0.15) is 22.3 Å². The lowest BCUT2D eigenvalue weighted by Gasteiger charge is -2.22. The van der Waals surface area contributed by atoms with E-state index < -0.39 is 0 Å². The lowest BCUT2D eigenvalue weighted by molar-refractivity contribution is -0.116. The van der Waals surface area contributed by atoms with Crippen LogP contribution in [0, 0.1) is 0 Å². The van der Waals surface area contributed by atoms with Crippen LogP contribution in [-0.2, 0) is 11.2 Å². The summed E-state index contributed by atoms with van der Waals surface area (Å²) in [5.41, 5.74) is 3.45. The molecule has 1 unspecified atom stereocenters. The Bertz CT molecular complexity index is 855. The smallest absolute Gasteiger partial charge is 0.258 e. The molecule has 0 spiro atoms.